The third kappa shape index (κ3) is 4.32. The van der Waals surface area contributed by atoms with Crippen molar-refractivity contribution in [3.63, 3.8) is 0 Å². The first-order chi connectivity index (χ1) is 18.6. The number of aliphatic hydroxyl groups is 1. The highest BCUT2D eigenvalue weighted by molar-refractivity contribution is 6.06. The highest BCUT2D eigenvalue weighted by Gasteiger charge is 2.75. The first kappa shape index (κ1) is 27.6. The number of anilines is 1. The molecule has 6 atom stereocenters. The maximum atomic E-state index is 14.7. The summed E-state index contributed by atoms with van der Waals surface area (Å²) in [4.78, 5) is 46.0. The molecule has 2 saturated heterocycles. The minimum absolute atomic E-state index is 0.168. The molecule has 1 aromatic rings. The first-order valence-electron chi connectivity index (χ1n) is 14.1. The van der Waals surface area contributed by atoms with Gasteiger partial charge in [0.15, 0.2) is 0 Å². The van der Waals surface area contributed by atoms with Gasteiger partial charge in [0.25, 0.3) is 5.91 Å². The maximum Gasteiger partial charge on any atom is 0.313 e. The van der Waals surface area contributed by atoms with Gasteiger partial charge < -0.3 is 24.4 Å². The van der Waals surface area contributed by atoms with Gasteiger partial charge in [-0.25, -0.2) is 0 Å². The van der Waals surface area contributed by atoms with Crippen molar-refractivity contribution in [2.45, 2.75) is 77.2 Å². The summed E-state index contributed by atoms with van der Waals surface area (Å²) in [5.41, 5.74) is 0.188. The van der Waals surface area contributed by atoms with Crippen LogP contribution in [0.15, 0.2) is 42.5 Å². The van der Waals surface area contributed by atoms with Crippen molar-refractivity contribution in [2.24, 2.45) is 17.8 Å². The Hall–Kier alpha value is -2.97. The molecule has 0 saturated carbocycles. The molecule has 2 fully saturated rings. The number of esters is 1. The Kier molecular flexibility index (Phi) is 7.22. The lowest BCUT2D eigenvalue weighted by atomic mass is 9.74. The lowest BCUT2D eigenvalue weighted by Crippen LogP contribution is -2.59. The number of nitrogens with zero attached hydrogens (tertiary/aromatic N) is 2. The number of likely N-dealkylation sites (tertiary alicyclic amines) is 1. The van der Waals surface area contributed by atoms with Crippen molar-refractivity contribution < 1.29 is 29.0 Å². The molecule has 5 rings (SSSR count). The van der Waals surface area contributed by atoms with E-state index < -0.39 is 41.1 Å². The minimum Gasteiger partial charge on any atom is -0.465 e. The Balaban J connectivity index is 1.70. The van der Waals surface area contributed by atoms with Gasteiger partial charge >= 0.3 is 5.97 Å². The number of fused-ring (bicyclic) bond motifs is 2. The van der Waals surface area contributed by atoms with Crippen molar-refractivity contribution in [2.75, 3.05) is 24.7 Å². The van der Waals surface area contributed by atoms with E-state index in [0.29, 0.717) is 19.4 Å². The van der Waals surface area contributed by atoms with E-state index in [1.807, 2.05) is 77.1 Å². The fraction of sp³-hybridized carbons (Fsp3) is 0.581. The van der Waals surface area contributed by atoms with Crippen molar-refractivity contribution in [3.05, 3.63) is 53.6 Å². The second kappa shape index (κ2) is 10.2. The number of ether oxygens (including phenoxy) is 2. The summed E-state index contributed by atoms with van der Waals surface area (Å²) in [6.45, 7) is 10.1. The molecule has 0 aromatic heterocycles. The highest BCUT2D eigenvalue weighted by Crippen LogP contribution is 2.58. The zero-order valence-corrected chi connectivity index (χ0v) is 23.6. The summed E-state index contributed by atoms with van der Waals surface area (Å²) in [7, 11) is 0. The summed E-state index contributed by atoms with van der Waals surface area (Å²) in [5.74, 6) is -2.82. The van der Waals surface area contributed by atoms with E-state index in [9.17, 15) is 19.5 Å². The number of rotatable bonds is 5. The molecule has 210 valence electrons. The van der Waals surface area contributed by atoms with E-state index in [0.717, 1.165) is 23.2 Å². The fourth-order valence-electron chi connectivity index (χ4n) is 7.22. The van der Waals surface area contributed by atoms with Crippen LogP contribution in [0.25, 0.3) is 0 Å². The second-order valence-electron chi connectivity index (χ2n) is 12.0. The summed E-state index contributed by atoms with van der Waals surface area (Å²) in [6, 6.07) is 4.25. The Bertz CT molecular complexity index is 1200. The molecular formula is C31H40N2O6. The lowest BCUT2D eigenvalue weighted by Gasteiger charge is -2.40. The third-order valence-corrected chi connectivity index (χ3v) is 8.75. The predicted octanol–water partition coefficient (Wildman–Crippen LogP) is 3.48. The minimum atomic E-state index is -1.38. The maximum absolute atomic E-state index is 14.7. The van der Waals surface area contributed by atoms with Crippen LogP contribution < -0.4 is 4.90 Å². The van der Waals surface area contributed by atoms with Gasteiger partial charge in [-0.05, 0) is 57.1 Å². The Morgan fingerprint density at radius 2 is 1.77 bits per heavy atom. The Morgan fingerprint density at radius 3 is 2.44 bits per heavy atom. The monoisotopic (exact) mass is 536 g/mol. The molecule has 4 heterocycles. The summed E-state index contributed by atoms with van der Waals surface area (Å²) in [6.07, 6.45) is 9.48. The number of carbonyl (C=O) groups excluding carboxylic acids is 3. The quantitative estimate of drug-likeness (QED) is 0.457. The number of carbonyl (C=O) groups is 3. The van der Waals surface area contributed by atoms with E-state index in [2.05, 4.69) is 0 Å². The lowest BCUT2D eigenvalue weighted by molar-refractivity contribution is -0.159. The Morgan fingerprint density at radius 1 is 1.05 bits per heavy atom. The average Bonchev–Trinajstić information content (AvgIpc) is 3.23. The van der Waals surface area contributed by atoms with Crippen molar-refractivity contribution in [3.8, 4) is 0 Å². The zero-order chi connectivity index (χ0) is 28.1. The SMILES string of the molecule is Cc1cccc(C)c1N1CC=C[C@]23O[C@@]4(C)/C=C\CCCOC(=O)[C@H]4[C@H]2C(=O)N([C@@H](CO)CC(C)C)C3C1=O. The van der Waals surface area contributed by atoms with E-state index in [1.54, 1.807) is 4.90 Å². The van der Waals surface area contributed by atoms with Gasteiger partial charge in [0, 0.05) is 12.2 Å². The molecule has 4 aliphatic heterocycles. The molecule has 2 amide bonds. The molecule has 0 bridgehead atoms. The molecule has 1 N–H and O–H groups in total. The number of amides is 2. The Labute approximate surface area is 230 Å². The molecule has 0 radical (unpaired) electrons. The van der Waals surface area contributed by atoms with Crippen LogP contribution in [0.1, 0.15) is 51.2 Å². The van der Waals surface area contributed by atoms with Gasteiger partial charge in [0.1, 0.15) is 17.6 Å². The fourth-order valence-corrected chi connectivity index (χ4v) is 7.22. The van der Waals surface area contributed by atoms with Gasteiger partial charge in [0.05, 0.1) is 30.8 Å². The molecule has 39 heavy (non-hydrogen) atoms. The van der Waals surface area contributed by atoms with Crippen LogP contribution in [-0.4, -0.2) is 70.8 Å². The normalized spacial score (nSPS) is 34.0. The largest absolute Gasteiger partial charge is 0.465 e. The number of cyclic esters (lactones) is 1. The molecule has 0 aliphatic carbocycles. The number of hydrogen-bond acceptors (Lipinski definition) is 6. The number of aryl methyl sites for hydroxylation is 2. The van der Waals surface area contributed by atoms with Gasteiger partial charge in [-0.2, -0.15) is 0 Å². The van der Waals surface area contributed by atoms with Gasteiger partial charge in [0.2, 0.25) is 5.91 Å². The molecular weight excluding hydrogens is 496 g/mol. The van der Waals surface area contributed by atoms with Crippen LogP contribution in [0.5, 0.6) is 0 Å². The summed E-state index contributed by atoms with van der Waals surface area (Å²) < 4.78 is 12.5. The molecule has 8 nitrogen and oxygen atoms in total. The van der Waals surface area contributed by atoms with Crippen molar-refractivity contribution >= 4 is 23.5 Å². The number of aliphatic hydroxyl groups excluding tert-OH is 1. The predicted molar refractivity (Wildman–Crippen MR) is 147 cm³/mol. The standard InChI is InChI=1S/C31H40N2O6/c1-19(2)17-22(18-34)33-26-28(36)32(25-20(3)11-9-12-21(25)4)15-10-14-31(26)23(27(33)35)24-29(37)38-16-8-6-7-13-30(24,5)39-31/h7,9-14,19,22-24,26,34H,6,8,15-18H2,1-5H3/b13-7-/t22-,23+,24-,26?,30+,31+/m1/s1. The van der Waals surface area contributed by atoms with Crippen LogP contribution in [0.2, 0.25) is 0 Å². The number of benzene rings is 1. The van der Waals surface area contributed by atoms with Crippen LogP contribution >= 0.6 is 0 Å². The topological polar surface area (TPSA) is 96.4 Å². The van der Waals surface area contributed by atoms with E-state index in [1.165, 1.54) is 4.90 Å². The van der Waals surface area contributed by atoms with Crippen LogP contribution in [0, 0.1) is 31.6 Å². The second-order valence-corrected chi connectivity index (χ2v) is 12.0. The van der Waals surface area contributed by atoms with Crippen molar-refractivity contribution in [1.82, 2.24) is 4.90 Å². The summed E-state index contributed by atoms with van der Waals surface area (Å²) >= 11 is 0. The van der Waals surface area contributed by atoms with Gasteiger partial charge in [-0.1, -0.05) is 56.4 Å². The molecule has 1 unspecified atom stereocenters. The van der Waals surface area contributed by atoms with E-state index in [-0.39, 0.29) is 30.9 Å². The van der Waals surface area contributed by atoms with Crippen LogP contribution in [0.3, 0.4) is 0 Å². The van der Waals surface area contributed by atoms with Crippen LogP contribution in [0.4, 0.5) is 5.69 Å². The zero-order valence-electron chi connectivity index (χ0n) is 23.6. The van der Waals surface area contributed by atoms with E-state index in [4.69, 9.17) is 9.47 Å². The van der Waals surface area contributed by atoms with Gasteiger partial charge in [-0.3, -0.25) is 14.4 Å². The van der Waals surface area contributed by atoms with Crippen LogP contribution in [-0.2, 0) is 23.9 Å². The molecule has 8 heteroatoms. The average molecular weight is 537 g/mol. The summed E-state index contributed by atoms with van der Waals surface area (Å²) in [5, 5.41) is 10.5. The van der Waals surface area contributed by atoms with Gasteiger partial charge in [-0.15, -0.1) is 0 Å². The van der Waals surface area contributed by atoms with Crippen molar-refractivity contribution in [1.29, 1.82) is 0 Å². The highest BCUT2D eigenvalue weighted by atomic mass is 16.6. The molecule has 4 aliphatic rings. The van der Waals surface area contributed by atoms with E-state index >= 15 is 0 Å². The number of hydrogen-bond donors (Lipinski definition) is 1. The smallest absolute Gasteiger partial charge is 0.313 e. The molecule has 1 spiro atoms. The first-order valence-corrected chi connectivity index (χ1v) is 14.1. The third-order valence-electron chi connectivity index (χ3n) is 8.75. The number of allylic oxidation sites excluding steroid dienone is 1. The molecule has 1 aromatic carbocycles. The number of para-hydroxylation sites is 1.